The Morgan fingerprint density at radius 2 is 2.03 bits per heavy atom. The van der Waals surface area contributed by atoms with Gasteiger partial charge in [0.25, 0.3) is 0 Å². The first-order valence-electron chi connectivity index (χ1n) is 10.2. The monoisotopic (exact) mass is 445 g/mol. The molecule has 3 aliphatic rings. The molecule has 29 heavy (non-hydrogen) atoms. The van der Waals surface area contributed by atoms with Crippen LogP contribution in [-0.2, 0) is 16.1 Å². The maximum atomic E-state index is 12.8. The Morgan fingerprint density at radius 3 is 2.76 bits per heavy atom. The predicted octanol–water partition coefficient (Wildman–Crippen LogP) is 2.48. The molecule has 1 N–H and O–H groups in total. The number of carbonyl (C=O) groups excluding carboxylic acids is 1. The number of nitrogens with zero attached hydrogens (tertiary/aromatic N) is 2. The number of hydrogen-bond acceptors (Lipinski definition) is 5. The van der Waals surface area contributed by atoms with Crippen molar-refractivity contribution in [3.05, 3.63) is 29.8 Å². The van der Waals surface area contributed by atoms with Crippen molar-refractivity contribution in [1.82, 2.24) is 15.1 Å². The molecule has 1 unspecified atom stereocenters. The zero-order valence-corrected chi connectivity index (χ0v) is 18.7. The molecule has 1 amide bonds. The van der Waals surface area contributed by atoms with E-state index >= 15 is 0 Å². The van der Waals surface area contributed by atoms with Crippen LogP contribution in [0.4, 0.5) is 0 Å². The van der Waals surface area contributed by atoms with E-state index in [0.29, 0.717) is 19.1 Å². The quantitative estimate of drug-likeness (QED) is 0.771. The maximum absolute atomic E-state index is 12.8. The van der Waals surface area contributed by atoms with E-state index in [1.54, 1.807) is 7.11 Å². The standard InChI is InChI=1S/C21H31N3O3.2ClH/c1-26-19-4-2-3-17(13-19)15-24-11-10-23(16-20(24)25)18-5-12-27-21(14-18)6-8-22-9-7-21;;/h2-4,13,18,22H,5-12,14-16H2,1H3;2*1H. The molecule has 0 radical (unpaired) electrons. The first kappa shape index (κ1) is 24.2. The van der Waals surface area contributed by atoms with Crippen LogP contribution in [0.15, 0.2) is 24.3 Å². The van der Waals surface area contributed by atoms with E-state index in [1.165, 1.54) is 0 Å². The number of piperazine rings is 1. The molecule has 4 rings (SSSR count). The van der Waals surface area contributed by atoms with E-state index in [4.69, 9.17) is 9.47 Å². The van der Waals surface area contributed by atoms with Crippen molar-refractivity contribution in [3.63, 3.8) is 0 Å². The van der Waals surface area contributed by atoms with Crippen molar-refractivity contribution < 1.29 is 14.3 Å². The fourth-order valence-electron chi connectivity index (χ4n) is 4.74. The maximum Gasteiger partial charge on any atom is 0.237 e. The Kier molecular flexibility index (Phi) is 9.04. The predicted molar refractivity (Wildman–Crippen MR) is 118 cm³/mol. The second-order valence-corrected chi connectivity index (χ2v) is 8.07. The van der Waals surface area contributed by atoms with Crippen molar-refractivity contribution >= 4 is 30.7 Å². The third kappa shape index (κ3) is 5.76. The van der Waals surface area contributed by atoms with Gasteiger partial charge in [-0.15, -0.1) is 24.8 Å². The van der Waals surface area contributed by atoms with Gasteiger partial charge in [0.05, 0.1) is 19.3 Å². The number of methoxy groups -OCH3 is 1. The van der Waals surface area contributed by atoms with Gasteiger partial charge >= 0.3 is 0 Å². The molecule has 1 atom stereocenters. The number of carbonyl (C=O) groups is 1. The van der Waals surface area contributed by atoms with Crippen LogP contribution in [0.1, 0.15) is 31.2 Å². The summed E-state index contributed by atoms with van der Waals surface area (Å²) in [5.41, 5.74) is 1.16. The zero-order chi connectivity index (χ0) is 18.7. The van der Waals surface area contributed by atoms with E-state index < -0.39 is 0 Å². The van der Waals surface area contributed by atoms with Gasteiger partial charge in [-0.1, -0.05) is 12.1 Å². The summed E-state index contributed by atoms with van der Waals surface area (Å²) in [5, 5.41) is 3.43. The molecule has 1 aromatic rings. The van der Waals surface area contributed by atoms with Crippen molar-refractivity contribution in [2.24, 2.45) is 0 Å². The lowest BCUT2D eigenvalue weighted by atomic mass is 9.82. The molecule has 0 bridgehead atoms. The summed E-state index contributed by atoms with van der Waals surface area (Å²) < 4.78 is 11.5. The number of hydrogen-bond donors (Lipinski definition) is 1. The van der Waals surface area contributed by atoms with E-state index in [1.807, 2.05) is 23.1 Å². The number of piperidine rings is 1. The molecule has 0 aromatic heterocycles. The molecule has 3 saturated heterocycles. The molecule has 3 heterocycles. The van der Waals surface area contributed by atoms with Crippen LogP contribution in [0.3, 0.4) is 0 Å². The number of nitrogens with one attached hydrogen (secondary N) is 1. The van der Waals surface area contributed by atoms with Gasteiger partial charge in [0.2, 0.25) is 5.91 Å². The largest absolute Gasteiger partial charge is 0.497 e. The number of ether oxygens (including phenoxy) is 2. The van der Waals surface area contributed by atoms with Gasteiger partial charge in [-0.25, -0.2) is 0 Å². The average molecular weight is 446 g/mol. The third-order valence-corrected chi connectivity index (χ3v) is 6.35. The summed E-state index contributed by atoms with van der Waals surface area (Å²) in [4.78, 5) is 17.2. The van der Waals surface area contributed by atoms with Gasteiger partial charge in [-0.2, -0.15) is 0 Å². The first-order valence-corrected chi connectivity index (χ1v) is 10.2. The number of halogens is 2. The summed E-state index contributed by atoms with van der Waals surface area (Å²) in [7, 11) is 1.67. The molecule has 1 aromatic carbocycles. The zero-order valence-electron chi connectivity index (χ0n) is 17.1. The lowest BCUT2D eigenvalue weighted by molar-refractivity contribution is -0.146. The van der Waals surface area contributed by atoms with E-state index in [9.17, 15) is 4.79 Å². The normalized spacial score (nSPS) is 24.5. The van der Waals surface area contributed by atoms with Crippen LogP contribution >= 0.6 is 24.8 Å². The van der Waals surface area contributed by atoms with Crippen LogP contribution in [0.25, 0.3) is 0 Å². The highest BCUT2D eigenvalue weighted by atomic mass is 35.5. The van der Waals surface area contributed by atoms with E-state index in [0.717, 1.165) is 69.8 Å². The Hall–Kier alpha value is -1.05. The second-order valence-electron chi connectivity index (χ2n) is 8.07. The summed E-state index contributed by atoms with van der Waals surface area (Å²) in [5.74, 6) is 1.07. The number of rotatable bonds is 4. The van der Waals surface area contributed by atoms with E-state index in [-0.39, 0.29) is 36.3 Å². The molecular weight excluding hydrogens is 413 g/mol. The lowest BCUT2D eigenvalue weighted by Gasteiger charge is -2.48. The van der Waals surface area contributed by atoms with Crippen LogP contribution in [0.5, 0.6) is 5.75 Å². The van der Waals surface area contributed by atoms with Gasteiger partial charge in [-0.05, 0) is 56.5 Å². The minimum Gasteiger partial charge on any atom is -0.497 e. The van der Waals surface area contributed by atoms with Crippen molar-refractivity contribution in [3.8, 4) is 5.75 Å². The molecule has 3 fully saturated rings. The van der Waals surface area contributed by atoms with Crippen LogP contribution in [0, 0.1) is 0 Å². The molecule has 0 aliphatic carbocycles. The fourth-order valence-corrected chi connectivity index (χ4v) is 4.74. The highest BCUT2D eigenvalue weighted by Gasteiger charge is 2.41. The Bertz CT molecular complexity index is 665. The summed E-state index contributed by atoms with van der Waals surface area (Å²) in [6.07, 6.45) is 4.29. The molecule has 3 aliphatic heterocycles. The highest BCUT2D eigenvalue weighted by molar-refractivity contribution is 5.85. The van der Waals surface area contributed by atoms with Gasteiger partial charge in [0.1, 0.15) is 5.75 Å². The lowest BCUT2D eigenvalue weighted by Crippen LogP contribution is -2.58. The van der Waals surface area contributed by atoms with Crippen molar-refractivity contribution in [2.75, 3.05) is 46.4 Å². The average Bonchev–Trinajstić information content (AvgIpc) is 2.70. The highest BCUT2D eigenvalue weighted by Crippen LogP contribution is 2.35. The number of amides is 1. The molecule has 8 heteroatoms. The van der Waals surface area contributed by atoms with Crippen molar-refractivity contribution in [1.29, 1.82) is 0 Å². The van der Waals surface area contributed by atoms with E-state index in [2.05, 4.69) is 16.3 Å². The SMILES string of the molecule is COc1cccc(CN2CCN(C3CCOC4(CCNCC4)C3)CC2=O)c1.Cl.Cl. The minimum absolute atomic E-state index is 0. The Balaban J connectivity index is 0.00000150. The van der Waals surface area contributed by atoms with Gasteiger partial charge < -0.3 is 19.7 Å². The molecule has 1 spiro atoms. The number of benzene rings is 1. The Morgan fingerprint density at radius 1 is 1.24 bits per heavy atom. The molecule has 6 nitrogen and oxygen atoms in total. The molecular formula is C21H33Cl2N3O3. The van der Waals surface area contributed by atoms with Gasteiger partial charge in [0.15, 0.2) is 0 Å². The van der Waals surface area contributed by atoms with Crippen LogP contribution in [0.2, 0.25) is 0 Å². The Labute approximate surface area is 186 Å². The first-order chi connectivity index (χ1) is 13.2. The van der Waals surface area contributed by atoms with Crippen molar-refractivity contribution in [2.45, 2.75) is 43.9 Å². The topological polar surface area (TPSA) is 54.0 Å². The minimum atomic E-state index is 0. The summed E-state index contributed by atoms with van der Waals surface area (Å²) >= 11 is 0. The second kappa shape index (κ2) is 10.8. The molecule has 0 saturated carbocycles. The summed E-state index contributed by atoms with van der Waals surface area (Å²) in [6, 6.07) is 8.46. The van der Waals surface area contributed by atoms with Gasteiger partial charge in [-0.3, -0.25) is 9.69 Å². The van der Waals surface area contributed by atoms with Crippen LogP contribution in [-0.4, -0.2) is 73.8 Å². The molecule has 164 valence electrons. The fraction of sp³-hybridized carbons (Fsp3) is 0.667. The third-order valence-electron chi connectivity index (χ3n) is 6.35. The van der Waals surface area contributed by atoms with Crippen LogP contribution < -0.4 is 10.1 Å². The smallest absolute Gasteiger partial charge is 0.237 e. The summed E-state index contributed by atoms with van der Waals surface area (Å²) in [6.45, 7) is 5.84. The van der Waals surface area contributed by atoms with Gasteiger partial charge in [0, 0.05) is 32.3 Å².